The van der Waals surface area contributed by atoms with Crippen LogP contribution in [0.3, 0.4) is 0 Å². The quantitative estimate of drug-likeness (QED) is 0.799. The molecule has 3 rings (SSSR count). The number of sulfone groups is 1. The Morgan fingerprint density at radius 3 is 2.42 bits per heavy atom. The van der Waals surface area contributed by atoms with E-state index in [1.54, 1.807) is 32.0 Å². The number of aromatic nitrogens is 1. The summed E-state index contributed by atoms with van der Waals surface area (Å²) in [6.45, 7) is 5.17. The maximum absolute atomic E-state index is 12.6. The van der Waals surface area contributed by atoms with E-state index >= 15 is 0 Å². The van der Waals surface area contributed by atoms with Crippen molar-refractivity contribution in [2.75, 3.05) is 6.54 Å². The van der Waals surface area contributed by atoms with Crippen molar-refractivity contribution < 1.29 is 21.4 Å². The molecule has 7 nitrogen and oxygen atoms in total. The van der Waals surface area contributed by atoms with E-state index in [-0.39, 0.29) is 23.1 Å². The van der Waals surface area contributed by atoms with Gasteiger partial charge in [0.1, 0.15) is 10.6 Å². The van der Waals surface area contributed by atoms with Crippen molar-refractivity contribution in [2.24, 2.45) is 5.92 Å². The number of hydrogen-bond acceptors (Lipinski definition) is 6. The van der Waals surface area contributed by atoms with Gasteiger partial charge in [-0.05, 0) is 57.2 Å². The second-order valence-corrected chi connectivity index (χ2v) is 10.8. The largest absolute Gasteiger partial charge is 0.360 e. The molecule has 1 aliphatic carbocycles. The summed E-state index contributed by atoms with van der Waals surface area (Å²) >= 11 is 0. The van der Waals surface area contributed by atoms with Gasteiger partial charge in [0, 0.05) is 6.54 Å². The van der Waals surface area contributed by atoms with Crippen LogP contribution in [-0.2, 0) is 19.9 Å². The van der Waals surface area contributed by atoms with E-state index in [4.69, 9.17) is 4.52 Å². The monoisotopic (exact) mass is 398 g/mol. The Bertz CT molecular complexity index is 1000. The molecule has 2 aromatic rings. The highest BCUT2D eigenvalue weighted by atomic mass is 32.2. The van der Waals surface area contributed by atoms with E-state index in [1.165, 1.54) is 0 Å². The molecule has 1 saturated carbocycles. The van der Waals surface area contributed by atoms with Crippen LogP contribution < -0.4 is 4.72 Å². The number of aryl methyl sites for hydroxylation is 3. The summed E-state index contributed by atoms with van der Waals surface area (Å²) in [5.74, 6) is 0.235. The molecule has 9 heteroatoms. The average Bonchev–Trinajstić information content (AvgIpc) is 2.85. The molecule has 1 aliphatic rings. The van der Waals surface area contributed by atoms with Crippen molar-refractivity contribution in [3.63, 3.8) is 0 Å². The van der Waals surface area contributed by atoms with Gasteiger partial charge >= 0.3 is 0 Å². The molecule has 1 heterocycles. The normalized spacial score (nSPS) is 20.7. The number of nitrogens with zero attached hydrogens (tertiary/aromatic N) is 1. The van der Waals surface area contributed by atoms with Crippen LogP contribution in [0.25, 0.3) is 0 Å². The Balaban J connectivity index is 1.61. The molecule has 0 bridgehead atoms. The van der Waals surface area contributed by atoms with Gasteiger partial charge < -0.3 is 4.52 Å². The average molecular weight is 399 g/mol. The molecule has 0 amide bonds. The number of benzene rings is 1. The highest BCUT2D eigenvalue weighted by Crippen LogP contribution is 2.36. The van der Waals surface area contributed by atoms with Crippen LogP contribution in [0.5, 0.6) is 0 Å². The summed E-state index contributed by atoms with van der Waals surface area (Å²) in [7, 11) is -7.09. The maximum atomic E-state index is 12.6. The van der Waals surface area contributed by atoms with Crippen molar-refractivity contribution in [1.82, 2.24) is 9.88 Å². The van der Waals surface area contributed by atoms with E-state index in [1.807, 2.05) is 13.0 Å². The van der Waals surface area contributed by atoms with E-state index < -0.39 is 25.1 Å². The molecular weight excluding hydrogens is 376 g/mol. The van der Waals surface area contributed by atoms with Gasteiger partial charge in [0.05, 0.1) is 10.1 Å². The third-order valence-electron chi connectivity index (χ3n) is 4.75. The van der Waals surface area contributed by atoms with E-state index in [0.29, 0.717) is 23.4 Å². The third-order valence-corrected chi connectivity index (χ3v) is 8.59. The topological polar surface area (TPSA) is 106 Å². The first kappa shape index (κ1) is 19.1. The molecule has 0 saturated heterocycles. The van der Waals surface area contributed by atoms with Crippen molar-refractivity contribution >= 4 is 19.9 Å². The molecule has 0 unspecified atom stereocenters. The number of nitrogens with one attached hydrogen (secondary N) is 1. The van der Waals surface area contributed by atoms with Crippen molar-refractivity contribution in [2.45, 2.75) is 48.7 Å². The molecule has 0 atom stereocenters. The van der Waals surface area contributed by atoms with Crippen molar-refractivity contribution in [3.05, 3.63) is 41.3 Å². The number of rotatable bonds is 6. The molecule has 142 valence electrons. The fourth-order valence-electron chi connectivity index (χ4n) is 3.24. The predicted molar refractivity (Wildman–Crippen MR) is 96.0 cm³/mol. The zero-order valence-corrected chi connectivity index (χ0v) is 16.5. The first-order valence-electron chi connectivity index (χ1n) is 8.34. The van der Waals surface area contributed by atoms with Gasteiger partial charge in [-0.1, -0.05) is 17.3 Å². The lowest BCUT2D eigenvalue weighted by molar-refractivity contribution is 0.316. The minimum absolute atomic E-state index is 0.00479. The van der Waals surface area contributed by atoms with Crippen LogP contribution in [0.15, 0.2) is 38.6 Å². The molecule has 26 heavy (non-hydrogen) atoms. The van der Waals surface area contributed by atoms with E-state index in [0.717, 1.165) is 5.56 Å². The first-order valence-corrected chi connectivity index (χ1v) is 11.4. The second kappa shape index (κ2) is 6.79. The van der Waals surface area contributed by atoms with Crippen LogP contribution in [0.4, 0.5) is 0 Å². The van der Waals surface area contributed by atoms with Gasteiger partial charge in [0.2, 0.25) is 10.0 Å². The summed E-state index contributed by atoms with van der Waals surface area (Å²) < 4.78 is 57.5. The Hall–Kier alpha value is -1.71. The smallest absolute Gasteiger partial charge is 0.245 e. The number of hydrogen-bond donors (Lipinski definition) is 1. The van der Waals surface area contributed by atoms with Crippen LogP contribution in [0.1, 0.15) is 29.9 Å². The summed E-state index contributed by atoms with van der Waals surface area (Å²) in [6.07, 6.45) is 0.890. The number of sulfonamides is 1. The fraction of sp³-hybridized carbons (Fsp3) is 0.471. The SMILES string of the molecule is Cc1cccc(S(=O)(=O)[C@H]2C[C@H](CNS(=O)(=O)c3c(C)noc3C)C2)c1. The Labute approximate surface area is 153 Å². The second-order valence-electron chi connectivity index (χ2n) is 6.83. The lowest BCUT2D eigenvalue weighted by Gasteiger charge is -2.34. The predicted octanol–water partition coefficient (Wildman–Crippen LogP) is 2.13. The Kier molecular flexibility index (Phi) is 4.98. The molecule has 0 spiro atoms. The summed E-state index contributed by atoms with van der Waals surface area (Å²) in [4.78, 5) is 0.387. The molecule has 0 aliphatic heterocycles. The molecule has 0 radical (unpaired) electrons. The van der Waals surface area contributed by atoms with Gasteiger partial charge in [-0.2, -0.15) is 0 Å². The van der Waals surface area contributed by atoms with Gasteiger partial charge in [-0.15, -0.1) is 0 Å². The fourth-order valence-corrected chi connectivity index (χ4v) is 6.73. The molecule has 1 aromatic heterocycles. The van der Waals surface area contributed by atoms with Crippen molar-refractivity contribution in [1.29, 1.82) is 0 Å². The van der Waals surface area contributed by atoms with Crippen LogP contribution in [0, 0.1) is 26.7 Å². The highest BCUT2D eigenvalue weighted by Gasteiger charge is 2.40. The van der Waals surface area contributed by atoms with Crippen LogP contribution >= 0.6 is 0 Å². The molecule has 1 N–H and O–H groups in total. The molecular formula is C17H22N2O5S2. The third kappa shape index (κ3) is 3.56. The minimum atomic E-state index is -3.72. The van der Waals surface area contributed by atoms with Crippen LogP contribution in [-0.4, -0.2) is 33.8 Å². The highest BCUT2D eigenvalue weighted by molar-refractivity contribution is 7.92. The van der Waals surface area contributed by atoms with Gasteiger partial charge in [-0.3, -0.25) is 0 Å². The lowest BCUT2D eigenvalue weighted by atomic mass is 9.85. The van der Waals surface area contributed by atoms with Gasteiger partial charge in [0.25, 0.3) is 0 Å². The molecule has 1 fully saturated rings. The zero-order valence-electron chi connectivity index (χ0n) is 14.9. The summed E-state index contributed by atoms with van der Waals surface area (Å²) in [6, 6.07) is 6.86. The van der Waals surface area contributed by atoms with Gasteiger partial charge in [0.15, 0.2) is 15.6 Å². The standard InChI is InChI=1S/C17H22N2O5S2/c1-11-5-4-6-15(7-11)25(20,21)16-8-14(9-16)10-18-26(22,23)17-12(2)19-24-13(17)3/h4-7,14,16,18H,8-10H2,1-3H3/t14-,16-. The summed E-state index contributed by atoms with van der Waals surface area (Å²) in [5.41, 5.74) is 1.21. The zero-order chi connectivity index (χ0) is 19.1. The van der Waals surface area contributed by atoms with Crippen LogP contribution in [0.2, 0.25) is 0 Å². The first-order chi connectivity index (χ1) is 12.1. The van der Waals surface area contributed by atoms with Crippen molar-refractivity contribution in [3.8, 4) is 0 Å². The van der Waals surface area contributed by atoms with Gasteiger partial charge in [-0.25, -0.2) is 21.6 Å². The van der Waals surface area contributed by atoms with E-state index in [9.17, 15) is 16.8 Å². The summed E-state index contributed by atoms with van der Waals surface area (Å²) in [5, 5.41) is 3.19. The Morgan fingerprint density at radius 1 is 1.15 bits per heavy atom. The minimum Gasteiger partial charge on any atom is -0.360 e. The maximum Gasteiger partial charge on any atom is 0.245 e. The lowest BCUT2D eigenvalue weighted by Crippen LogP contribution is -2.42. The van der Waals surface area contributed by atoms with E-state index in [2.05, 4.69) is 9.88 Å². The molecule has 1 aromatic carbocycles. The Morgan fingerprint density at radius 2 is 1.85 bits per heavy atom.